The lowest BCUT2D eigenvalue weighted by Crippen LogP contribution is -2.43. The minimum absolute atomic E-state index is 0.363. The predicted octanol–water partition coefficient (Wildman–Crippen LogP) is 2.37. The van der Waals surface area contributed by atoms with Crippen LogP contribution in [0.25, 0.3) is 0 Å². The van der Waals surface area contributed by atoms with Crippen LogP contribution in [0.3, 0.4) is 0 Å². The van der Waals surface area contributed by atoms with Gasteiger partial charge >= 0.3 is 0 Å². The molecule has 0 unspecified atom stereocenters. The third-order valence-corrected chi connectivity index (χ3v) is 5.32. The number of nitrogens with zero attached hydrogens (tertiary/aromatic N) is 2. The Hall–Kier alpha value is -1.10. The second kappa shape index (κ2) is 8.67. The molecule has 23 heavy (non-hydrogen) atoms. The summed E-state index contributed by atoms with van der Waals surface area (Å²) in [5.41, 5.74) is 1.34. The summed E-state index contributed by atoms with van der Waals surface area (Å²) < 4.78 is 5.41. The summed E-state index contributed by atoms with van der Waals surface area (Å²) >= 11 is 0. The number of piperidine rings is 1. The first kappa shape index (κ1) is 16.7. The highest BCUT2D eigenvalue weighted by molar-refractivity contribution is 5.25. The van der Waals surface area contributed by atoms with E-state index in [-0.39, 0.29) is 0 Å². The summed E-state index contributed by atoms with van der Waals surface area (Å²) in [5, 5.41) is 9.33. The zero-order chi connectivity index (χ0) is 15.9. The molecule has 2 fully saturated rings. The largest absolute Gasteiger partial charge is 0.508 e. The van der Waals surface area contributed by atoms with Crippen molar-refractivity contribution in [3.63, 3.8) is 0 Å². The van der Waals surface area contributed by atoms with Gasteiger partial charge in [0.25, 0.3) is 0 Å². The molecule has 0 radical (unpaired) electrons. The molecule has 2 aliphatic heterocycles. The number of rotatable bonds is 6. The summed E-state index contributed by atoms with van der Waals surface area (Å²) in [6, 6.07) is 7.69. The quantitative estimate of drug-likeness (QED) is 0.873. The normalized spacial score (nSPS) is 21.6. The van der Waals surface area contributed by atoms with Gasteiger partial charge < -0.3 is 14.7 Å². The fraction of sp³-hybridized carbons (Fsp3) is 0.684. The first-order valence-corrected chi connectivity index (χ1v) is 9.10. The van der Waals surface area contributed by atoms with E-state index in [0.717, 1.165) is 38.6 Å². The molecule has 1 N–H and O–H groups in total. The molecular weight excluding hydrogens is 288 g/mol. The van der Waals surface area contributed by atoms with Crippen molar-refractivity contribution in [2.45, 2.75) is 25.7 Å². The van der Waals surface area contributed by atoms with Crippen LogP contribution in [-0.2, 0) is 11.2 Å². The lowest BCUT2D eigenvalue weighted by molar-refractivity contribution is 0.0313. The number of aromatic hydroxyl groups is 1. The number of morpholine rings is 1. The molecule has 2 aliphatic rings. The van der Waals surface area contributed by atoms with E-state index < -0.39 is 0 Å². The summed E-state index contributed by atoms with van der Waals surface area (Å²) in [6.07, 6.45) is 5.09. The third kappa shape index (κ3) is 5.48. The van der Waals surface area contributed by atoms with Crippen molar-refractivity contribution < 1.29 is 9.84 Å². The maximum absolute atomic E-state index is 9.33. The third-order valence-electron chi connectivity index (χ3n) is 5.32. The van der Waals surface area contributed by atoms with Crippen molar-refractivity contribution in [3.8, 4) is 5.75 Å². The zero-order valence-electron chi connectivity index (χ0n) is 14.1. The Labute approximate surface area is 140 Å². The lowest BCUT2D eigenvalue weighted by Gasteiger charge is -2.34. The van der Waals surface area contributed by atoms with Gasteiger partial charge in [-0.15, -0.1) is 0 Å². The van der Waals surface area contributed by atoms with Gasteiger partial charge in [-0.2, -0.15) is 0 Å². The van der Waals surface area contributed by atoms with E-state index in [1.54, 1.807) is 12.1 Å². The number of ether oxygens (including phenoxy) is 1. The highest BCUT2D eigenvalue weighted by Crippen LogP contribution is 2.23. The highest BCUT2D eigenvalue weighted by Gasteiger charge is 2.20. The van der Waals surface area contributed by atoms with Crippen LogP contribution in [0, 0.1) is 5.92 Å². The van der Waals surface area contributed by atoms with E-state index in [1.807, 2.05) is 12.1 Å². The van der Waals surface area contributed by atoms with E-state index in [4.69, 9.17) is 4.74 Å². The van der Waals surface area contributed by atoms with Gasteiger partial charge in [0.15, 0.2) is 0 Å². The van der Waals surface area contributed by atoms with Crippen molar-refractivity contribution in [2.24, 2.45) is 5.92 Å². The van der Waals surface area contributed by atoms with Crippen molar-refractivity contribution in [2.75, 3.05) is 52.5 Å². The van der Waals surface area contributed by atoms with Crippen LogP contribution in [0.15, 0.2) is 24.3 Å². The molecule has 4 nitrogen and oxygen atoms in total. The Kier molecular flexibility index (Phi) is 6.31. The molecule has 1 aromatic rings. The fourth-order valence-corrected chi connectivity index (χ4v) is 3.64. The summed E-state index contributed by atoms with van der Waals surface area (Å²) in [5.74, 6) is 1.23. The number of aryl methyl sites for hydroxylation is 1. The van der Waals surface area contributed by atoms with Gasteiger partial charge in [0.2, 0.25) is 0 Å². The van der Waals surface area contributed by atoms with E-state index in [9.17, 15) is 5.11 Å². The van der Waals surface area contributed by atoms with Crippen molar-refractivity contribution in [3.05, 3.63) is 29.8 Å². The Bertz CT molecular complexity index is 449. The minimum atomic E-state index is 0.363. The van der Waals surface area contributed by atoms with Gasteiger partial charge in [0.05, 0.1) is 13.2 Å². The number of phenols is 1. The Morgan fingerprint density at radius 2 is 1.52 bits per heavy atom. The number of hydrogen-bond donors (Lipinski definition) is 1. The molecule has 4 heteroatoms. The van der Waals surface area contributed by atoms with Gasteiger partial charge in [-0.3, -0.25) is 4.90 Å². The van der Waals surface area contributed by atoms with E-state index in [2.05, 4.69) is 9.80 Å². The van der Waals surface area contributed by atoms with Gasteiger partial charge in [0.1, 0.15) is 5.75 Å². The average Bonchev–Trinajstić information content (AvgIpc) is 2.61. The van der Waals surface area contributed by atoms with Crippen molar-refractivity contribution in [1.29, 1.82) is 0 Å². The van der Waals surface area contributed by atoms with Crippen molar-refractivity contribution in [1.82, 2.24) is 9.80 Å². The minimum Gasteiger partial charge on any atom is -0.508 e. The molecule has 0 amide bonds. The second-order valence-electron chi connectivity index (χ2n) is 6.94. The summed E-state index contributed by atoms with van der Waals surface area (Å²) in [4.78, 5) is 5.16. The maximum atomic E-state index is 9.33. The molecule has 0 saturated carbocycles. The van der Waals surface area contributed by atoms with E-state index >= 15 is 0 Å². The molecular formula is C19H30N2O2. The number of phenolic OH excluding ortho intramolecular Hbond substituents is 1. The zero-order valence-corrected chi connectivity index (χ0v) is 14.1. The number of likely N-dealkylation sites (tertiary alicyclic amines) is 1. The molecule has 0 spiro atoms. The van der Waals surface area contributed by atoms with Gasteiger partial charge in [-0.25, -0.2) is 0 Å². The molecule has 0 aliphatic carbocycles. The van der Waals surface area contributed by atoms with Crippen molar-refractivity contribution >= 4 is 0 Å². The van der Waals surface area contributed by atoms with Gasteiger partial charge in [-0.05, 0) is 62.4 Å². The molecule has 2 saturated heterocycles. The molecule has 0 atom stereocenters. The summed E-state index contributed by atoms with van der Waals surface area (Å²) in [7, 11) is 0. The van der Waals surface area contributed by atoms with Gasteiger partial charge in [-0.1, -0.05) is 12.1 Å². The van der Waals surface area contributed by atoms with Crippen LogP contribution in [-0.4, -0.2) is 67.4 Å². The molecule has 128 valence electrons. The highest BCUT2D eigenvalue weighted by atomic mass is 16.5. The monoisotopic (exact) mass is 318 g/mol. The van der Waals surface area contributed by atoms with Crippen LogP contribution >= 0.6 is 0 Å². The molecule has 1 aromatic carbocycles. The number of benzene rings is 1. The Morgan fingerprint density at radius 1 is 0.913 bits per heavy atom. The Balaban J connectivity index is 1.31. The molecule has 0 aromatic heterocycles. The molecule has 0 bridgehead atoms. The van der Waals surface area contributed by atoms with Crippen LogP contribution in [0.2, 0.25) is 0 Å². The SMILES string of the molecule is Oc1ccc(CCC2CCN(CCN3CCOCC3)CC2)cc1. The van der Waals surface area contributed by atoms with E-state index in [1.165, 1.54) is 51.0 Å². The van der Waals surface area contributed by atoms with E-state index in [0.29, 0.717) is 5.75 Å². The second-order valence-corrected chi connectivity index (χ2v) is 6.94. The van der Waals surface area contributed by atoms with Gasteiger partial charge in [0, 0.05) is 26.2 Å². The summed E-state index contributed by atoms with van der Waals surface area (Å²) in [6.45, 7) is 8.92. The topological polar surface area (TPSA) is 35.9 Å². The predicted molar refractivity (Wildman–Crippen MR) is 92.9 cm³/mol. The van der Waals surface area contributed by atoms with Crippen LogP contribution in [0.4, 0.5) is 0 Å². The first-order valence-electron chi connectivity index (χ1n) is 9.10. The molecule has 3 rings (SSSR count). The Morgan fingerprint density at radius 3 is 2.17 bits per heavy atom. The fourth-order valence-electron chi connectivity index (χ4n) is 3.64. The standard InChI is InChI=1S/C19H30N2O2/c22-19-5-3-17(4-6-19)1-2-18-7-9-20(10-8-18)11-12-21-13-15-23-16-14-21/h3-6,18,22H,1-2,7-16H2. The average molecular weight is 318 g/mol. The molecule has 2 heterocycles. The lowest BCUT2D eigenvalue weighted by atomic mass is 9.90. The first-order chi connectivity index (χ1) is 11.3. The van der Waals surface area contributed by atoms with Crippen LogP contribution in [0.1, 0.15) is 24.8 Å². The van der Waals surface area contributed by atoms with Crippen LogP contribution < -0.4 is 0 Å². The maximum Gasteiger partial charge on any atom is 0.115 e. The smallest absolute Gasteiger partial charge is 0.115 e. The number of hydrogen-bond acceptors (Lipinski definition) is 4. The van der Waals surface area contributed by atoms with Crippen LogP contribution in [0.5, 0.6) is 5.75 Å².